The maximum Gasteiger partial charge on any atom is 0.225 e. The molecule has 2 nitrogen and oxygen atoms in total. The maximum absolute atomic E-state index is 12.3. The molecule has 0 aliphatic carbocycles. The molecule has 0 saturated heterocycles. The van der Waals surface area contributed by atoms with Crippen molar-refractivity contribution in [2.45, 2.75) is 65.7 Å². The van der Waals surface area contributed by atoms with Crippen LogP contribution in [0.3, 0.4) is 0 Å². The van der Waals surface area contributed by atoms with Gasteiger partial charge in [-0.1, -0.05) is 39.7 Å². The van der Waals surface area contributed by atoms with E-state index in [2.05, 4.69) is 32.3 Å². The Hall–Kier alpha value is -0.790. The SMILES string of the molecule is C=CCCCC(C)C(=O)N(CCCC)CCCC. The monoisotopic (exact) mass is 253 g/mol. The van der Waals surface area contributed by atoms with E-state index in [0.29, 0.717) is 5.91 Å². The Bertz CT molecular complexity index is 217. The van der Waals surface area contributed by atoms with E-state index in [1.54, 1.807) is 0 Å². The van der Waals surface area contributed by atoms with Crippen molar-refractivity contribution in [2.75, 3.05) is 13.1 Å². The van der Waals surface area contributed by atoms with Gasteiger partial charge in [0.2, 0.25) is 5.91 Å². The topological polar surface area (TPSA) is 20.3 Å². The highest BCUT2D eigenvalue weighted by Crippen LogP contribution is 2.13. The van der Waals surface area contributed by atoms with Crippen LogP contribution >= 0.6 is 0 Å². The van der Waals surface area contributed by atoms with E-state index in [0.717, 1.165) is 58.0 Å². The summed E-state index contributed by atoms with van der Waals surface area (Å²) in [6, 6.07) is 0. The summed E-state index contributed by atoms with van der Waals surface area (Å²) in [4.78, 5) is 14.4. The largest absolute Gasteiger partial charge is 0.342 e. The van der Waals surface area contributed by atoms with E-state index in [1.165, 1.54) is 0 Å². The molecule has 1 atom stereocenters. The van der Waals surface area contributed by atoms with Crippen molar-refractivity contribution in [1.82, 2.24) is 4.90 Å². The molecule has 0 radical (unpaired) electrons. The van der Waals surface area contributed by atoms with Gasteiger partial charge in [0, 0.05) is 19.0 Å². The maximum atomic E-state index is 12.3. The molecular formula is C16H31NO. The Balaban J connectivity index is 4.18. The molecule has 1 unspecified atom stereocenters. The molecule has 0 aromatic carbocycles. The standard InChI is InChI=1S/C16H31NO/c1-5-8-11-12-15(4)16(18)17(13-9-6-2)14-10-7-3/h5,15H,1,6-14H2,2-4H3. The lowest BCUT2D eigenvalue weighted by Gasteiger charge is -2.25. The molecule has 106 valence electrons. The number of allylic oxidation sites excluding steroid dienone is 1. The first-order chi connectivity index (χ1) is 8.67. The zero-order valence-electron chi connectivity index (χ0n) is 12.6. The summed E-state index contributed by atoms with van der Waals surface area (Å²) in [6.07, 6.45) is 9.56. The lowest BCUT2D eigenvalue weighted by molar-refractivity contribution is -0.135. The second-order valence-electron chi connectivity index (χ2n) is 5.15. The van der Waals surface area contributed by atoms with Gasteiger partial charge in [0.25, 0.3) is 0 Å². The molecule has 18 heavy (non-hydrogen) atoms. The molecule has 0 aromatic rings. The van der Waals surface area contributed by atoms with Crippen molar-refractivity contribution in [3.8, 4) is 0 Å². The molecular weight excluding hydrogens is 222 g/mol. The minimum atomic E-state index is 0.165. The van der Waals surface area contributed by atoms with E-state index in [4.69, 9.17) is 0 Å². The molecule has 0 spiro atoms. The van der Waals surface area contributed by atoms with Gasteiger partial charge < -0.3 is 4.90 Å². The van der Waals surface area contributed by atoms with E-state index < -0.39 is 0 Å². The van der Waals surface area contributed by atoms with Crippen LogP contribution in [0, 0.1) is 5.92 Å². The summed E-state index contributed by atoms with van der Waals surface area (Å²) in [6.45, 7) is 12.0. The fourth-order valence-corrected chi connectivity index (χ4v) is 2.03. The fraction of sp³-hybridized carbons (Fsp3) is 0.812. The highest BCUT2D eigenvalue weighted by atomic mass is 16.2. The average Bonchev–Trinajstić information content (AvgIpc) is 2.38. The Kier molecular flexibility index (Phi) is 10.8. The third-order valence-electron chi connectivity index (χ3n) is 3.34. The van der Waals surface area contributed by atoms with E-state index in [-0.39, 0.29) is 5.92 Å². The molecule has 0 heterocycles. The van der Waals surface area contributed by atoms with Gasteiger partial charge in [-0.2, -0.15) is 0 Å². The average molecular weight is 253 g/mol. The minimum Gasteiger partial charge on any atom is -0.342 e. The third kappa shape index (κ3) is 7.52. The van der Waals surface area contributed by atoms with Crippen LogP contribution in [0.15, 0.2) is 12.7 Å². The summed E-state index contributed by atoms with van der Waals surface area (Å²) in [5.41, 5.74) is 0. The van der Waals surface area contributed by atoms with E-state index in [1.807, 2.05) is 6.08 Å². The molecule has 0 aromatic heterocycles. The summed E-state index contributed by atoms with van der Waals surface area (Å²) < 4.78 is 0. The smallest absolute Gasteiger partial charge is 0.225 e. The van der Waals surface area contributed by atoms with Crippen LogP contribution in [-0.4, -0.2) is 23.9 Å². The van der Waals surface area contributed by atoms with Crippen molar-refractivity contribution in [1.29, 1.82) is 0 Å². The van der Waals surface area contributed by atoms with Crippen LogP contribution in [0.2, 0.25) is 0 Å². The van der Waals surface area contributed by atoms with Gasteiger partial charge in [-0.25, -0.2) is 0 Å². The van der Waals surface area contributed by atoms with Crippen LogP contribution in [0.25, 0.3) is 0 Å². The summed E-state index contributed by atoms with van der Waals surface area (Å²) in [5.74, 6) is 0.514. The molecule has 0 rings (SSSR count). The highest BCUT2D eigenvalue weighted by molar-refractivity contribution is 5.78. The van der Waals surface area contributed by atoms with Crippen molar-refractivity contribution in [2.24, 2.45) is 5.92 Å². The quantitative estimate of drug-likeness (QED) is 0.394. The first-order valence-corrected chi connectivity index (χ1v) is 7.57. The minimum absolute atomic E-state index is 0.165. The van der Waals surface area contributed by atoms with Crippen LogP contribution in [-0.2, 0) is 4.79 Å². The Morgan fingerprint density at radius 2 is 1.72 bits per heavy atom. The first-order valence-electron chi connectivity index (χ1n) is 7.57. The normalized spacial score (nSPS) is 12.2. The van der Waals surface area contributed by atoms with Crippen molar-refractivity contribution in [3.05, 3.63) is 12.7 Å². The number of carbonyl (C=O) groups is 1. The molecule has 0 aliphatic rings. The van der Waals surface area contributed by atoms with Crippen LogP contribution in [0.1, 0.15) is 65.7 Å². The van der Waals surface area contributed by atoms with Crippen LogP contribution in [0.5, 0.6) is 0 Å². The number of hydrogen-bond acceptors (Lipinski definition) is 1. The van der Waals surface area contributed by atoms with Gasteiger partial charge >= 0.3 is 0 Å². The van der Waals surface area contributed by atoms with Crippen LogP contribution < -0.4 is 0 Å². The highest BCUT2D eigenvalue weighted by Gasteiger charge is 2.18. The number of unbranched alkanes of at least 4 members (excludes halogenated alkanes) is 3. The van der Waals surface area contributed by atoms with Gasteiger partial charge in [0.1, 0.15) is 0 Å². The Morgan fingerprint density at radius 3 is 2.17 bits per heavy atom. The Labute approximate surface area is 113 Å². The predicted molar refractivity (Wildman–Crippen MR) is 79.6 cm³/mol. The fourth-order valence-electron chi connectivity index (χ4n) is 2.03. The number of nitrogens with zero attached hydrogens (tertiary/aromatic N) is 1. The number of hydrogen-bond donors (Lipinski definition) is 0. The van der Waals surface area contributed by atoms with Crippen LogP contribution in [0.4, 0.5) is 0 Å². The van der Waals surface area contributed by atoms with Crippen molar-refractivity contribution in [3.63, 3.8) is 0 Å². The van der Waals surface area contributed by atoms with Gasteiger partial charge in [-0.3, -0.25) is 4.79 Å². The molecule has 0 bridgehead atoms. The summed E-state index contributed by atoms with van der Waals surface area (Å²) >= 11 is 0. The van der Waals surface area contributed by atoms with Crippen molar-refractivity contribution < 1.29 is 4.79 Å². The van der Waals surface area contributed by atoms with Gasteiger partial charge in [0.05, 0.1) is 0 Å². The zero-order valence-corrected chi connectivity index (χ0v) is 12.6. The number of amides is 1. The molecule has 0 fully saturated rings. The molecule has 0 N–H and O–H groups in total. The molecule has 1 amide bonds. The summed E-state index contributed by atoms with van der Waals surface area (Å²) in [5, 5.41) is 0. The van der Waals surface area contributed by atoms with Gasteiger partial charge in [-0.15, -0.1) is 6.58 Å². The van der Waals surface area contributed by atoms with Gasteiger partial charge in [-0.05, 0) is 32.1 Å². The zero-order chi connectivity index (χ0) is 13.8. The van der Waals surface area contributed by atoms with E-state index in [9.17, 15) is 4.79 Å². The summed E-state index contributed by atoms with van der Waals surface area (Å²) in [7, 11) is 0. The molecule has 2 heteroatoms. The van der Waals surface area contributed by atoms with E-state index >= 15 is 0 Å². The lowest BCUT2D eigenvalue weighted by Crippen LogP contribution is -2.36. The third-order valence-corrected chi connectivity index (χ3v) is 3.34. The lowest BCUT2D eigenvalue weighted by atomic mass is 10.0. The van der Waals surface area contributed by atoms with Crippen molar-refractivity contribution >= 4 is 5.91 Å². The predicted octanol–water partition coefficient (Wildman–Crippen LogP) is 4.41. The second kappa shape index (κ2) is 11.3. The number of carbonyl (C=O) groups excluding carboxylic acids is 1. The Morgan fingerprint density at radius 1 is 1.17 bits per heavy atom. The second-order valence-corrected chi connectivity index (χ2v) is 5.15. The number of rotatable bonds is 11. The van der Waals surface area contributed by atoms with Gasteiger partial charge in [0.15, 0.2) is 0 Å². The molecule has 0 aliphatic heterocycles. The molecule has 0 saturated carbocycles. The first kappa shape index (κ1) is 17.2.